The Morgan fingerprint density at radius 1 is 1.32 bits per heavy atom. The molecule has 0 saturated heterocycles. The van der Waals surface area contributed by atoms with Crippen molar-refractivity contribution in [2.75, 3.05) is 18.0 Å². The summed E-state index contributed by atoms with van der Waals surface area (Å²) in [5.74, 6) is 0.861. The first-order chi connectivity index (χ1) is 9.20. The maximum absolute atomic E-state index is 12.4. The number of hydrogen-bond donors (Lipinski definition) is 1. The topological polar surface area (TPSA) is 46.3 Å². The van der Waals surface area contributed by atoms with Crippen molar-refractivity contribution in [3.8, 4) is 0 Å². The Bertz CT molecular complexity index is 409. The Morgan fingerprint density at radius 2 is 2.00 bits per heavy atom. The molecule has 19 heavy (non-hydrogen) atoms. The van der Waals surface area contributed by atoms with Crippen LogP contribution in [0.4, 0.5) is 5.69 Å². The molecule has 0 radical (unpaired) electrons. The van der Waals surface area contributed by atoms with Crippen molar-refractivity contribution < 1.29 is 4.79 Å². The van der Waals surface area contributed by atoms with Crippen LogP contribution in [0.25, 0.3) is 0 Å². The molecule has 1 saturated carbocycles. The molecule has 0 spiro atoms. The number of nitrogens with zero attached hydrogens (tertiary/aromatic N) is 1. The molecular weight excluding hydrogens is 236 g/mol. The third-order valence-corrected chi connectivity index (χ3v) is 3.92. The van der Waals surface area contributed by atoms with E-state index in [1.165, 1.54) is 24.8 Å². The normalized spacial score (nSPS) is 15.1. The van der Waals surface area contributed by atoms with Gasteiger partial charge in [0.1, 0.15) is 0 Å². The second-order valence-electron chi connectivity index (χ2n) is 5.52. The number of rotatable bonds is 6. The summed E-state index contributed by atoms with van der Waals surface area (Å²) in [5.41, 5.74) is 7.80. The van der Waals surface area contributed by atoms with Crippen LogP contribution in [0.15, 0.2) is 24.3 Å². The van der Waals surface area contributed by atoms with Crippen molar-refractivity contribution in [2.24, 2.45) is 11.7 Å². The fourth-order valence-electron chi connectivity index (χ4n) is 2.43. The summed E-state index contributed by atoms with van der Waals surface area (Å²) in [6, 6.07) is 8.18. The van der Waals surface area contributed by atoms with E-state index in [1.54, 1.807) is 0 Å². The van der Waals surface area contributed by atoms with Crippen LogP contribution in [0.5, 0.6) is 0 Å². The van der Waals surface area contributed by atoms with E-state index in [2.05, 4.69) is 19.1 Å². The van der Waals surface area contributed by atoms with Crippen molar-refractivity contribution in [3.05, 3.63) is 29.8 Å². The van der Waals surface area contributed by atoms with E-state index < -0.39 is 0 Å². The molecule has 0 unspecified atom stereocenters. The fourth-order valence-corrected chi connectivity index (χ4v) is 2.43. The monoisotopic (exact) mass is 260 g/mol. The average molecular weight is 260 g/mol. The summed E-state index contributed by atoms with van der Waals surface area (Å²) >= 11 is 0. The molecule has 1 aliphatic rings. The third kappa shape index (κ3) is 3.80. The van der Waals surface area contributed by atoms with Gasteiger partial charge in [0, 0.05) is 18.7 Å². The van der Waals surface area contributed by atoms with E-state index in [9.17, 15) is 4.79 Å². The van der Waals surface area contributed by atoms with Crippen molar-refractivity contribution in [3.63, 3.8) is 0 Å². The first-order valence-electron chi connectivity index (χ1n) is 7.28. The maximum Gasteiger partial charge on any atom is 0.227 e. The van der Waals surface area contributed by atoms with Gasteiger partial charge in [-0.3, -0.25) is 4.79 Å². The van der Waals surface area contributed by atoms with Gasteiger partial charge in [0.15, 0.2) is 0 Å². The highest BCUT2D eigenvalue weighted by Gasteiger charge is 2.24. The number of anilines is 1. The Labute approximate surface area is 115 Å². The van der Waals surface area contributed by atoms with Gasteiger partial charge in [-0.2, -0.15) is 0 Å². The molecular formula is C16H24N2O. The Balaban J connectivity index is 2.04. The van der Waals surface area contributed by atoms with Gasteiger partial charge in [0.25, 0.3) is 0 Å². The minimum absolute atomic E-state index is 0.252. The van der Waals surface area contributed by atoms with Crippen LogP contribution in [0.3, 0.4) is 0 Å². The lowest BCUT2D eigenvalue weighted by atomic mass is 9.82. The molecule has 0 atom stereocenters. The number of carbonyl (C=O) groups is 1. The third-order valence-electron chi connectivity index (χ3n) is 3.92. The molecule has 0 aliphatic heterocycles. The van der Waals surface area contributed by atoms with Crippen LogP contribution in [-0.2, 0) is 4.79 Å². The molecule has 104 valence electrons. The fraction of sp³-hybridized carbons (Fsp3) is 0.562. The van der Waals surface area contributed by atoms with Gasteiger partial charge in [-0.05, 0) is 50.8 Å². The number of carbonyl (C=O) groups excluding carboxylic acids is 1. The van der Waals surface area contributed by atoms with Crippen LogP contribution in [0.1, 0.15) is 37.7 Å². The van der Waals surface area contributed by atoms with E-state index in [1.807, 2.05) is 17.0 Å². The number of amides is 1. The smallest absolute Gasteiger partial charge is 0.227 e. The predicted molar refractivity (Wildman–Crippen MR) is 79.2 cm³/mol. The first kappa shape index (κ1) is 14.1. The zero-order valence-corrected chi connectivity index (χ0v) is 11.8. The van der Waals surface area contributed by atoms with Gasteiger partial charge in [0.05, 0.1) is 0 Å². The van der Waals surface area contributed by atoms with Crippen molar-refractivity contribution in [1.29, 1.82) is 0 Å². The van der Waals surface area contributed by atoms with Crippen molar-refractivity contribution >= 4 is 11.6 Å². The molecule has 0 aromatic heterocycles. The van der Waals surface area contributed by atoms with Gasteiger partial charge in [-0.15, -0.1) is 0 Å². The predicted octanol–water partition coefficient (Wildman–Crippen LogP) is 2.87. The minimum Gasteiger partial charge on any atom is -0.330 e. The standard InChI is InChI=1S/C16H24N2O/c1-13-6-8-15(9-7-13)18(11-3-10-17)16(19)12-14-4-2-5-14/h6-9,14H,2-5,10-12,17H2,1H3. The molecule has 1 aromatic rings. The SMILES string of the molecule is Cc1ccc(N(CCCN)C(=O)CC2CCC2)cc1. The van der Waals surface area contributed by atoms with Crippen LogP contribution >= 0.6 is 0 Å². The summed E-state index contributed by atoms with van der Waals surface area (Å²) in [6.45, 7) is 3.41. The van der Waals surface area contributed by atoms with Crippen molar-refractivity contribution in [1.82, 2.24) is 0 Å². The lowest BCUT2D eigenvalue weighted by Crippen LogP contribution is -2.35. The van der Waals surface area contributed by atoms with E-state index in [4.69, 9.17) is 5.73 Å². The lowest BCUT2D eigenvalue weighted by molar-refractivity contribution is -0.120. The lowest BCUT2D eigenvalue weighted by Gasteiger charge is -2.29. The van der Waals surface area contributed by atoms with Gasteiger partial charge < -0.3 is 10.6 Å². The van der Waals surface area contributed by atoms with Gasteiger partial charge in [-0.1, -0.05) is 24.1 Å². The number of benzene rings is 1. The molecule has 1 amide bonds. The van der Waals surface area contributed by atoms with Crippen molar-refractivity contribution in [2.45, 2.75) is 39.0 Å². The number of hydrogen-bond acceptors (Lipinski definition) is 2. The summed E-state index contributed by atoms with van der Waals surface area (Å²) in [5, 5.41) is 0. The molecule has 0 heterocycles. The van der Waals surface area contributed by atoms with Gasteiger partial charge in [-0.25, -0.2) is 0 Å². The number of aryl methyl sites for hydroxylation is 1. The Kier molecular flexibility index (Phi) is 4.97. The second kappa shape index (κ2) is 6.71. The molecule has 1 aliphatic carbocycles. The van der Waals surface area contributed by atoms with Crippen LogP contribution in [0, 0.1) is 12.8 Å². The molecule has 2 N–H and O–H groups in total. The van der Waals surface area contributed by atoms with Crippen LogP contribution < -0.4 is 10.6 Å². The van der Waals surface area contributed by atoms with E-state index in [0.29, 0.717) is 18.9 Å². The van der Waals surface area contributed by atoms with E-state index >= 15 is 0 Å². The van der Waals surface area contributed by atoms with Crippen LogP contribution in [-0.4, -0.2) is 19.0 Å². The summed E-state index contributed by atoms with van der Waals surface area (Å²) in [6.07, 6.45) is 5.25. The minimum atomic E-state index is 0.252. The van der Waals surface area contributed by atoms with E-state index in [-0.39, 0.29) is 5.91 Å². The van der Waals surface area contributed by atoms with Crippen LogP contribution in [0.2, 0.25) is 0 Å². The quantitative estimate of drug-likeness (QED) is 0.855. The second-order valence-corrected chi connectivity index (χ2v) is 5.52. The van der Waals surface area contributed by atoms with Gasteiger partial charge in [0.2, 0.25) is 5.91 Å². The molecule has 3 heteroatoms. The maximum atomic E-state index is 12.4. The first-order valence-corrected chi connectivity index (χ1v) is 7.28. The highest BCUT2D eigenvalue weighted by atomic mass is 16.2. The Morgan fingerprint density at radius 3 is 2.53 bits per heavy atom. The highest BCUT2D eigenvalue weighted by Crippen LogP contribution is 2.30. The molecule has 0 bridgehead atoms. The zero-order chi connectivity index (χ0) is 13.7. The number of nitrogens with two attached hydrogens (primary N) is 1. The molecule has 2 rings (SSSR count). The summed E-state index contributed by atoms with van der Waals surface area (Å²) < 4.78 is 0. The van der Waals surface area contributed by atoms with E-state index in [0.717, 1.165) is 18.7 Å². The molecule has 3 nitrogen and oxygen atoms in total. The Hall–Kier alpha value is -1.35. The summed E-state index contributed by atoms with van der Waals surface area (Å²) in [7, 11) is 0. The summed E-state index contributed by atoms with van der Waals surface area (Å²) in [4.78, 5) is 14.3. The average Bonchev–Trinajstić information content (AvgIpc) is 2.36. The molecule has 1 aromatic carbocycles. The van der Waals surface area contributed by atoms with Gasteiger partial charge >= 0.3 is 0 Å². The molecule has 1 fully saturated rings. The largest absolute Gasteiger partial charge is 0.330 e. The zero-order valence-electron chi connectivity index (χ0n) is 11.8. The highest BCUT2D eigenvalue weighted by molar-refractivity contribution is 5.93.